The molecule has 0 heterocycles. The summed E-state index contributed by atoms with van der Waals surface area (Å²) in [4.78, 5) is 0. The first-order valence-corrected chi connectivity index (χ1v) is 4.77. The average molecular weight is 194 g/mol. The molecule has 1 fully saturated rings. The molecule has 3 nitrogen and oxygen atoms in total. The maximum absolute atomic E-state index is 9.53. The van der Waals surface area contributed by atoms with E-state index in [0.717, 1.165) is 18.4 Å². The highest BCUT2D eigenvalue weighted by Crippen LogP contribution is 2.49. The first-order valence-electron chi connectivity index (χ1n) is 4.77. The molecule has 14 heavy (non-hydrogen) atoms. The minimum atomic E-state index is -0.0364. The predicted octanol–water partition coefficient (Wildman–Crippen LogP) is 1.41. The first-order chi connectivity index (χ1) is 6.65. The molecule has 2 rings (SSSR count). The van der Waals surface area contributed by atoms with E-state index in [1.807, 2.05) is 0 Å². The zero-order valence-corrected chi connectivity index (χ0v) is 7.90. The summed E-state index contributed by atoms with van der Waals surface area (Å²) in [6.07, 6.45) is 2.64. The smallest absolute Gasteiger partial charge is 0.119 e. The normalized spacial score (nSPS) is 18.1. The van der Waals surface area contributed by atoms with E-state index in [-0.39, 0.29) is 23.5 Å². The number of aliphatic hydroxyl groups is 1. The van der Waals surface area contributed by atoms with Gasteiger partial charge in [-0.2, -0.15) is 0 Å². The summed E-state index contributed by atoms with van der Waals surface area (Å²) < 4.78 is 0. The molecule has 0 unspecified atom stereocenters. The number of phenolic OH excluding ortho intramolecular Hbond substituents is 2. The van der Waals surface area contributed by atoms with Crippen molar-refractivity contribution in [2.75, 3.05) is 6.61 Å². The summed E-state index contributed by atoms with van der Waals surface area (Å²) in [6.45, 7) is 0.155. The summed E-state index contributed by atoms with van der Waals surface area (Å²) in [7, 11) is 0. The van der Waals surface area contributed by atoms with Crippen LogP contribution in [-0.2, 0) is 6.42 Å². The highest BCUT2D eigenvalue weighted by Gasteiger charge is 2.42. The van der Waals surface area contributed by atoms with E-state index < -0.39 is 0 Å². The maximum Gasteiger partial charge on any atom is 0.119 e. The van der Waals surface area contributed by atoms with Crippen LogP contribution < -0.4 is 0 Å². The van der Waals surface area contributed by atoms with Gasteiger partial charge < -0.3 is 15.3 Å². The number of phenols is 2. The molecule has 0 radical (unpaired) electrons. The van der Waals surface area contributed by atoms with Crippen LogP contribution in [0.3, 0.4) is 0 Å². The lowest BCUT2D eigenvalue weighted by molar-refractivity contribution is 0.210. The zero-order valence-electron chi connectivity index (χ0n) is 7.90. The Bertz CT molecular complexity index is 342. The third-order valence-corrected chi connectivity index (χ3v) is 2.92. The van der Waals surface area contributed by atoms with Crippen LogP contribution in [0, 0.1) is 5.41 Å². The predicted molar refractivity (Wildman–Crippen MR) is 52.2 cm³/mol. The summed E-state index contributed by atoms with van der Waals surface area (Å²) in [5.41, 5.74) is 0.683. The van der Waals surface area contributed by atoms with E-state index >= 15 is 0 Å². The van der Waals surface area contributed by atoms with Crippen molar-refractivity contribution in [2.45, 2.75) is 19.3 Å². The Hall–Kier alpha value is -1.22. The molecule has 3 N–H and O–H groups in total. The van der Waals surface area contributed by atoms with Crippen molar-refractivity contribution in [1.29, 1.82) is 0 Å². The Labute approximate surface area is 82.6 Å². The summed E-state index contributed by atoms with van der Waals surface area (Å²) >= 11 is 0. The van der Waals surface area contributed by atoms with Gasteiger partial charge in [0.15, 0.2) is 0 Å². The second kappa shape index (κ2) is 3.17. The molecule has 0 bridgehead atoms. The molecule has 0 saturated heterocycles. The SMILES string of the molecule is OCC1(Cc2cc(O)ccc2O)CC1. The fourth-order valence-corrected chi connectivity index (χ4v) is 1.69. The zero-order chi connectivity index (χ0) is 10.2. The second-order valence-corrected chi connectivity index (χ2v) is 4.15. The van der Waals surface area contributed by atoms with E-state index in [1.54, 1.807) is 6.07 Å². The van der Waals surface area contributed by atoms with Crippen molar-refractivity contribution >= 4 is 0 Å². The summed E-state index contributed by atoms with van der Waals surface area (Å²) in [5, 5.41) is 27.9. The monoisotopic (exact) mass is 194 g/mol. The van der Waals surface area contributed by atoms with Crippen molar-refractivity contribution in [3.63, 3.8) is 0 Å². The van der Waals surface area contributed by atoms with Crippen LogP contribution in [0.15, 0.2) is 18.2 Å². The molecule has 1 aromatic rings. The number of benzene rings is 1. The van der Waals surface area contributed by atoms with E-state index in [4.69, 9.17) is 5.11 Å². The van der Waals surface area contributed by atoms with Crippen LogP contribution in [0.25, 0.3) is 0 Å². The third kappa shape index (κ3) is 1.68. The highest BCUT2D eigenvalue weighted by atomic mass is 16.3. The van der Waals surface area contributed by atoms with Crippen LogP contribution in [-0.4, -0.2) is 21.9 Å². The van der Waals surface area contributed by atoms with Gasteiger partial charge in [0, 0.05) is 6.61 Å². The molecule has 76 valence electrons. The Morgan fingerprint density at radius 1 is 1.21 bits per heavy atom. The minimum absolute atomic E-state index is 0.0364. The molecule has 0 atom stereocenters. The van der Waals surface area contributed by atoms with Gasteiger partial charge in [-0.1, -0.05) is 0 Å². The standard InChI is InChI=1S/C11H14O3/c12-7-11(3-4-11)6-8-5-9(13)1-2-10(8)14/h1-2,5,12-14H,3-4,6-7H2. The topological polar surface area (TPSA) is 60.7 Å². The molecular weight excluding hydrogens is 180 g/mol. The van der Waals surface area contributed by atoms with Crippen molar-refractivity contribution in [3.05, 3.63) is 23.8 Å². The van der Waals surface area contributed by atoms with Gasteiger partial charge in [0.1, 0.15) is 11.5 Å². The van der Waals surface area contributed by atoms with Crippen molar-refractivity contribution in [3.8, 4) is 11.5 Å². The van der Waals surface area contributed by atoms with Crippen LogP contribution >= 0.6 is 0 Å². The van der Waals surface area contributed by atoms with Gasteiger partial charge in [-0.25, -0.2) is 0 Å². The molecule has 0 aliphatic heterocycles. The number of aliphatic hydroxyl groups excluding tert-OH is 1. The Balaban J connectivity index is 2.20. The third-order valence-electron chi connectivity index (χ3n) is 2.92. The lowest BCUT2D eigenvalue weighted by atomic mass is 9.96. The number of hydrogen-bond acceptors (Lipinski definition) is 3. The van der Waals surface area contributed by atoms with Gasteiger partial charge in [-0.15, -0.1) is 0 Å². The van der Waals surface area contributed by atoms with Gasteiger partial charge in [-0.3, -0.25) is 0 Å². The molecule has 1 saturated carbocycles. The lowest BCUT2D eigenvalue weighted by Gasteiger charge is -2.12. The first kappa shape index (κ1) is 9.34. The van der Waals surface area contributed by atoms with E-state index in [2.05, 4.69) is 0 Å². The molecule has 1 aliphatic rings. The molecule has 0 spiro atoms. The molecule has 0 amide bonds. The fourth-order valence-electron chi connectivity index (χ4n) is 1.69. The van der Waals surface area contributed by atoms with Crippen LogP contribution in [0.5, 0.6) is 11.5 Å². The minimum Gasteiger partial charge on any atom is -0.508 e. The Kier molecular flexibility index (Phi) is 2.11. The number of aromatic hydroxyl groups is 2. The van der Waals surface area contributed by atoms with Crippen molar-refractivity contribution < 1.29 is 15.3 Å². The van der Waals surface area contributed by atoms with Crippen molar-refractivity contribution in [2.24, 2.45) is 5.41 Å². The molecule has 1 aliphatic carbocycles. The summed E-state index contributed by atoms with van der Waals surface area (Å²) in [5.74, 6) is 0.356. The van der Waals surface area contributed by atoms with E-state index in [0.29, 0.717) is 6.42 Å². The van der Waals surface area contributed by atoms with Crippen LogP contribution in [0.4, 0.5) is 0 Å². The van der Waals surface area contributed by atoms with E-state index in [1.165, 1.54) is 12.1 Å². The second-order valence-electron chi connectivity index (χ2n) is 4.15. The van der Waals surface area contributed by atoms with E-state index in [9.17, 15) is 10.2 Å². The lowest BCUT2D eigenvalue weighted by Crippen LogP contribution is -2.10. The molecule has 3 heteroatoms. The maximum atomic E-state index is 9.53. The van der Waals surface area contributed by atoms with Gasteiger partial charge in [0.05, 0.1) is 0 Å². The van der Waals surface area contributed by atoms with Gasteiger partial charge >= 0.3 is 0 Å². The highest BCUT2D eigenvalue weighted by molar-refractivity contribution is 5.39. The molecular formula is C11H14O3. The quantitative estimate of drug-likeness (QED) is 0.637. The molecule has 0 aromatic heterocycles. The van der Waals surface area contributed by atoms with Gasteiger partial charge in [0.25, 0.3) is 0 Å². The number of rotatable bonds is 3. The fraction of sp³-hybridized carbons (Fsp3) is 0.455. The molecule has 1 aromatic carbocycles. The Morgan fingerprint density at radius 3 is 2.50 bits per heavy atom. The Morgan fingerprint density at radius 2 is 1.93 bits per heavy atom. The largest absolute Gasteiger partial charge is 0.508 e. The van der Waals surface area contributed by atoms with Gasteiger partial charge in [-0.05, 0) is 48.4 Å². The van der Waals surface area contributed by atoms with Crippen LogP contribution in [0.1, 0.15) is 18.4 Å². The van der Waals surface area contributed by atoms with Crippen molar-refractivity contribution in [1.82, 2.24) is 0 Å². The number of hydrogen-bond donors (Lipinski definition) is 3. The average Bonchev–Trinajstić information content (AvgIpc) is 2.92. The summed E-state index contributed by atoms with van der Waals surface area (Å²) in [6, 6.07) is 4.50. The van der Waals surface area contributed by atoms with Crippen LogP contribution in [0.2, 0.25) is 0 Å². The van der Waals surface area contributed by atoms with Gasteiger partial charge in [0.2, 0.25) is 0 Å².